The summed E-state index contributed by atoms with van der Waals surface area (Å²) in [7, 11) is 1.66. The second-order valence-corrected chi connectivity index (χ2v) is 3.64. The van der Waals surface area contributed by atoms with E-state index < -0.39 is 0 Å². The number of nitrogens with zero attached hydrogens (tertiary/aromatic N) is 1. The summed E-state index contributed by atoms with van der Waals surface area (Å²) in [6.07, 6.45) is 2.62. The highest BCUT2D eigenvalue weighted by atomic mass is 16.5. The Morgan fingerprint density at radius 1 is 1.64 bits per heavy atom. The number of hydrogen-bond donors (Lipinski definition) is 3. The first kappa shape index (κ1) is 11.3. The average Bonchev–Trinajstić information content (AvgIpc) is 2.99. The van der Waals surface area contributed by atoms with Gasteiger partial charge in [-0.05, 0) is 25.7 Å². The Kier molecular flexibility index (Phi) is 4.69. The third-order valence-corrected chi connectivity index (χ3v) is 2.40. The van der Waals surface area contributed by atoms with E-state index in [1.165, 1.54) is 12.8 Å². The van der Waals surface area contributed by atoms with E-state index in [4.69, 9.17) is 10.6 Å². The van der Waals surface area contributed by atoms with Gasteiger partial charge in [0.05, 0.1) is 13.2 Å². The Labute approximate surface area is 85.1 Å². The summed E-state index contributed by atoms with van der Waals surface area (Å²) in [6, 6.07) is 0.451. The Morgan fingerprint density at radius 2 is 2.36 bits per heavy atom. The van der Waals surface area contributed by atoms with Crippen molar-refractivity contribution >= 4 is 5.96 Å². The molecule has 0 saturated heterocycles. The van der Waals surface area contributed by atoms with Gasteiger partial charge < -0.3 is 10.1 Å². The van der Waals surface area contributed by atoms with Crippen LogP contribution in [0.4, 0.5) is 0 Å². The number of nitrogens with one attached hydrogen (secondary N) is 2. The maximum absolute atomic E-state index is 5.34. The number of hydrogen-bond acceptors (Lipinski definition) is 3. The number of nitrogens with two attached hydrogens (primary N) is 1. The van der Waals surface area contributed by atoms with Gasteiger partial charge in [0, 0.05) is 13.2 Å². The predicted molar refractivity (Wildman–Crippen MR) is 56.8 cm³/mol. The Bertz CT molecular complexity index is 191. The fraction of sp³-hybridized carbons (Fsp3) is 0.889. The van der Waals surface area contributed by atoms with Crippen LogP contribution in [0.2, 0.25) is 0 Å². The number of guanidine groups is 1. The van der Waals surface area contributed by atoms with E-state index >= 15 is 0 Å². The minimum atomic E-state index is 0.451. The van der Waals surface area contributed by atoms with Crippen LogP contribution in [0.5, 0.6) is 0 Å². The van der Waals surface area contributed by atoms with Crippen LogP contribution in [-0.4, -0.2) is 32.3 Å². The van der Waals surface area contributed by atoms with Crippen molar-refractivity contribution in [1.82, 2.24) is 10.7 Å². The van der Waals surface area contributed by atoms with Gasteiger partial charge >= 0.3 is 0 Å². The molecule has 0 aromatic carbocycles. The molecule has 14 heavy (non-hydrogen) atoms. The van der Waals surface area contributed by atoms with Gasteiger partial charge in [0.15, 0.2) is 0 Å². The van der Waals surface area contributed by atoms with Gasteiger partial charge in [-0.1, -0.05) is 0 Å². The summed E-state index contributed by atoms with van der Waals surface area (Å²) in [5.41, 5.74) is 2.56. The molecule has 0 aromatic rings. The molecule has 1 aliphatic carbocycles. The number of aliphatic imine (C=N–C) groups is 1. The molecular weight excluding hydrogens is 180 g/mol. The number of rotatable bonds is 5. The van der Waals surface area contributed by atoms with E-state index in [1.54, 1.807) is 7.11 Å². The van der Waals surface area contributed by atoms with Crippen molar-refractivity contribution in [3.05, 3.63) is 0 Å². The minimum absolute atomic E-state index is 0.451. The number of methoxy groups -OCH3 is 1. The van der Waals surface area contributed by atoms with Crippen LogP contribution < -0.4 is 16.6 Å². The lowest BCUT2D eigenvalue weighted by Crippen LogP contribution is -2.46. The minimum Gasteiger partial charge on any atom is -0.383 e. The quantitative estimate of drug-likeness (QED) is 0.190. The molecule has 0 spiro atoms. The SMILES string of the molecule is COCCN=C(NN)NC(C)C1CC1. The van der Waals surface area contributed by atoms with E-state index in [-0.39, 0.29) is 0 Å². The fourth-order valence-corrected chi connectivity index (χ4v) is 1.31. The second-order valence-electron chi connectivity index (χ2n) is 3.64. The second kappa shape index (κ2) is 5.82. The first-order chi connectivity index (χ1) is 6.77. The van der Waals surface area contributed by atoms with Crippen molar-refractivity contribution in [1.29, 1.82) is 0 Å². The van der Waals surface area contributed by atoms with Crippen LogP contribution in [-0.2, 0) is 4.74 Å². The first-order valence-corrected chi connectivity index (χ1v) is 5.04. The topological polar surface area (TPSA) is 71.7 Å². The highest BCUT2D eigenvalue weighted by molar-refractivity contribution is 5.79. The zero-order valence-corrected chi connectivity index (χ0v) is 8.92. The summed E-state index contributed by atoms with van der Waals surface area (Å²) in [5.74, 6) is 6.78. The molecular formula is C9H20N4O. The molecule has 5 heteroatoms. The molecule has 0 aliphatic heterocycles. The summed E-state index contributed by atoms with van der Waals surface area (Å²) >= 11 is 0. The largest absolute Gasteiger partial charge is 0.383 e. The van der Waals surface area contributed by atoms with Crippen LogP contribution in [0.25, 0.3) is 0 Å². The Morgan fingerprint density at radius 3 is 2.86 bits per heavy atom. The van der Waals surface area contributed by atoms with Crippen molar-refractivity contribution in [2.45, 2.75) is 25.8 Å². The Balaban J connectivity index is 2.25. The van der Waals surface area contributed by atoms with Crippen molar-refractivity contribution in [3.8, 4) is 0 Å². The fourth-order valence-electron chi connectivity index (χ4n) is 1.31. The van der Waals surface area contributed by atoms with E-state index in [9.17, 15) is 0 Å². The highest BCUT2D eigenvalue weighted by Gasteiger charge is 2.28. The number of ether oxygens (including phenoxy) is 1. The number of hydrazine groups is 1. The van der Waals surface area contributed by atoms with Crippen LogP contribution in [0.15, 0.2) is 4.99 Å². The zero-order chi connectivity index (χ0) is 10.4. The summed E-state index contributed by atoms with van der Waals surface area (Å²) < 4.78 is 4.90. The normalized spacial score (nSPS) is 19.2. The van der Waals surface area contributed by atoms with E-state index in [1.807, 2.05) is 0 Å². The molecule has 82 valence electrons. The average molecular weight is 200 g/mol. The van der Waals surface area contributed by atoms with Gasteiger partial charge in [0.1, 0.15) is 0 Å². The molecule has 1 aliphatic rings. The smallest absolute Gasteiger partial charge is 0.206 e. The van der Waals surface area contributed by atoms with E-state index in [0.29, 0.717) is 25.2 Å². The third kappa shape index (κ3) is 3.93. The lowest BCUT2D eigenvalue weighted by atomic mass is 10.2. The van der Waals surface area contributed by atoms with E-state index in [0.717, 1.165) is 5.92 Å². The molecule has 0 bridgehead atoms. The maximum Gasteiger partial charge on any atom is 0.206 e. The van der Waals surface area contributed by atoms with Gasteiger partial charge in [-0.3, -0.25) is 5.43 Å². The summed E-state index contributed by atoms with van der Waals surface area (Å²) in [4.78, 5) is 4.23. The lowest BCUT2D eigenvalue weighted by Gasteiger charge is -2.15. The summed E-state index contributed by atoms with van der Waals surface area (Å²) in [5, 5.41) is 3.25. The van der Waals surface area contributed by atoms with Gasteiger partial charge in [-0.2, -0.15) is 0 Å². The van der Waals surface area contributed by atoms with Crippen LogP contribution in [0.1, 0.15) is 19.8 Å². The zero-order valence-electron chi connectivity index (χ0n) is 8.92. The van der Waals surface area contributed by atoms with Crippen LogP contribution >= 0.6 is 0 Å². The summed E-state index contributed by atoms with van der Waals surface area (Å²) in [6.45, 7) is 3.39. The van der Waals surface area contributed by atoms with Crippen LogP contribution in [0, 0.1) is 5.92 Å². The molecule has 1 rings (SSSR count). The van der Waals surface area contributed by atoms with Crippen molar-refractivity contribution in [2.75, 3.05) is 20.3 Å². The molecule has 1 saturated carbocycles. The molecule has 1 fully saturated rings. The van der Waals surface area contributed by atoms with Gasteiger partial charge in [0.25, 0.3) is 0 Å². The first-order valence-electron chi connectivity index (χ1n) is 5.04. The van der Waals surface area contributed by atoms with E-state index in [2.05, 4.69) is 22.7 Å². The van der Waals surface area contributed by atoms with Crippen molar-refractivity contribution in [2.24, 2.45) is 16.8 Å². The third-order valence-electron chi connectivity index (χ3n) is 2.40. The highest BCUT2D eigenvalue weighted by Crippen LogP contribution is 2.32. The lowest BCUT2D eigenvalue weighted by molar-refractivity contribution is 0.208. The van der Waals surface area contributed by atoms with Gasteiger partial charge in [-0.25, -0.2) is 10.8 Å². The van der Waals surface area contributed by atoms with Crippen LogP contribution in [0.3, 0.4) is 0 Å². The standard InChI is InChI=1S/C9H20N4O/c1-7(8-3-4-8)12-9(13-10)11-5-6-14-2/h7-8H,3-6,10H2,1-2H3,(H2,11,12,13). The molecule has 1 atom stereocenters. The molecule has 0 radical (unpaired) electrons. The van der Waals surface area contributed by atoms with Crippen molar-refractivity contribution < 1.29 is 4.74 Å². The molecule has 4 N–H and O–H groups in total. The van der Waals surface area contributed by atoms with Crippen molar-refractivity contribution in [3.63, 3.8) is 0 Å². The predicted octanol–water partition coefficient (Wildman–Crippen LogP) is -0.160. The molecule has 1 unspecified atom stereocenters. The molecule has 0 amide bonds. The molecule has 0 aromatic heterocycles. The van der Waals surface area contributed by atoms with Gasteiger partial charge in [-0.15, -0.1) is 0 Å². The molecule has 0 heterocycles. The Hall–Kier alpha value is -0.810. The monoisotopic (exact) mass is 200 g/mol. The maximum atomic E-state index is 5.34. The molecule has 5 nitrogen and oxygen atoms in total. The van der Waals surface area contributed by atoms with Gasteiger partial charge in [0.2, 0.25) is 5.96 Å².